The number of thiophene rings is 1. The van der Waals surface area contributed by atoms with Gasteiger partial charge in [0, 0.05) is 69.9 Å². The molecule has 0 nitrogen and oxygen atoms in total. The zero-order valence-electron chi connectivity index (χ0n) is 7.95. The van der Waals surface area contributed by atoms with Crippen molar-refractivity contribution in [2.24, 2.45) is 0 Å². The van der Waals surface area contributed by atoms with Crippen LogP contribution in [0, 0.1) is 37.7 Å². The molecule has 0 amide bonds. The Balaban J connectivity index is 0.000000845. The minimum Gasteiger partial charge on any atom is -0.292 e. The summed E-state index contributed by atoms with van der Waals surface area (Å²) in [5.74, 6) is 0. The van der Waals surface area contributed by atoms with Crippen LogP contribution in [-0.2, 0) is 32.7 Å². The number of fused-ring (bicyclic) bond motifs is 1. The van der Waals surface area contributed by atoms with Crippen LogP contribution in [0.3, 0.4) is 0 Å². The monoisotopic (exact) mass is 487 g/mol. The molecular weight excluding hydrogens is 479 g/mol. The van der Waals surface area contributed by atoms with Crippen LogP contribution in [0.15, 0.2) is 30.3 Å². The number of hydrogen-bond acceptors (Lipinski definition) is 1. The maximum absolute atomic E-state index is 7.72. The first-order valence-corrected chi connectivity index (χ1v) is 4.17. The van der Waals surface area contributed by atoms with Gasteiger partial charge in [0.2, 0.25) is 0 Å². The molecule has 1 radical (unpaired) electrons. The van der Waals surface area contributed by atoms with Crippen molar-refractivity contribution in [3.63, 3.8) is 0 Å². The van der Waals surface area contributed by atoms with Gasteiger partial charge in [-0.1, -0.05) is 18.2 Å². The van der Waals surface area contributed by atoms with Gasteiger partial charge in [0.25, 0.3) is 0 Å². The molecule has 0 spiro atoms. The normalized spacial score (nSPS) is 9.69. The van der Waals surface area contributed by atoms with Crippen molar-refractivity contribution in [3.05, 3.63) is 41.8 Å². The Morgan fingerprint density at radius 3 is 2.69 bits per heavy atom. The summed E-state index contributed by atoms with van der Waals surface area (Å²) in [5.41, 5.74) is 0. The molecule has 1 aromatic heterocycles. The van der Waals surface area contributed by atoms with Crippen LogP contribution in [-0.4, -0.2) is 0 Å². The molecule has 0 unspecified atom stereocenters. The second kappa shape index (κ2) is 6.54. The topological polar surface area (TPSA) is 0 Å². The van der Waals surface area contributed by atoms with Gasteiger partial charge in [0.15, 0.2) is 0 Å². The second-order valence-electron chi connectivity index (χ2n) is 2.25. The van der Waals surface area contributed by atoms with Crippen LogP contribution in [0.25, 0.3) is 16.2 Å². The summed E-state index contributed by atoms with van der Waals surface area (Å²) in [5, 5.41) is 0.985. The van der Waals surface area contributed by atoms with E-state index in [4.69, 9.17) is 7.95 Å². The van der Waals surface area contributed by atoms with E-state index in [9.17, 15) is 0 Å². The fourth-order valence-corrected chi connectivity index (χ4v) is 1.85. The van der Waals surface area contributed by atoms with Crippen molar-refractivity contribution < 1.29 is 65.2 Å². The summed E-state index contributed by atoms with van der Waals surface area (Å²) in [6.45, 7) is 5.38. The van der Waals surface area contributed by atoms with Gasteiger partial charge in [-0.2, -0.15) is 0 Å². The Bertz CT molecular complexity index is 439. The minimum atomic E-state index is 0. The molecule has 2 rings (SSSR count). The summed E-state index contributed by atoms with van der Waals surface area (Å²) in [6.07, 6.45) is 1.49. The summed E-state index contributed by atoms with van der Waals surface area (Å²) >= 11 is 1.56. The molecule has 0 saturated carbocycles. The van der Waals surface area contributed by atoms with Crippen molar-refractivity contribution in [1.82, 2.24) is 0 Å². The Labute approximate surface area is 132 Å². The van der Waals surface area contributed by atoms with Crippen LogP contribution < -0.4 is 0 Å². The number of hydrogen-bond donors (Lipinski definition) is 0. The van der Waals surface area contributed by atoms with Crippen LogP contribution in [0.1, 0.15) is 6.25 Å². The largest absolute Gasteiger partial charge is 0.292 e. The van der Waals surface area contributed by atoms with Crippen LogP contribution in [0.5, 0.6) is 0 Å². The second-order valence-corrected chi connectivity index (χ2v) is 3.34. The maximum atomic E-state index is 7.72. The summed E-state index contributed by atoms with van der Waals surface area (Å²) in [4.78, 5) is 0.844. The third kappa shape index (κ3) is 3.29. The number of benzene rings is 1. The van der Waals surface area contributed by atoms with Gasteiger partial charge in [0.1, 0.15) is 0 Å². The molecule has 0 saturated heterocycles. The van der Waals surface area contributed by atoms with Crippen LogP contribution in [0.2, 0.25) is 0 Å². The first-order valence-electron chi connectivity index (χ1n) is 3.86. The van der Waals surface area contributed by atoms with E-state index < -0.39 is 0 Å². The first kappa shape index (κ1) is 12.1. The Morgan fingerprint density at radius 1 is 1.38 bits per heavy atom. The molecule has 1 heterocycles. The van der Waals surface area contributed by atoms with Gasteiger partial charge >= 0.3 is 0 Å². The molecule has 0 atom stereocenters. The van der Waals surface area contributed by atoms with Gasteiger partial charge in [-0.3, -0.25) is 6.58 Å². The van der Waals surface area contributed by atoms with E-state index in [1.807, 2.05) is 24.3 Å². The standard InChI is InChI=1S/C10H7S.U.Y/c1-2-9-7-8-5-3-4-6-10(8)11-9;;/h1-7H;;/q-1;;/i7D;;. The van der Waals surface area contributed by atoms with E-state index in [2.05, 4.69) is 0 Å². The molecule has 2 aromatic rings. The van der Waals surface area contributed by atoms with Crippen molar-refractivity contribution in [2.75, 3.05) is 0 Å². The predicted molar refractivity (Wildman–Crippen MR) is 50.6 cm³/mol. The van der Waals surface area contributed by atoms with Gasteiger partial charge < -0.3 is 0 Å². The average molecular weight is 487 g/mol. The molecular formula is C10H7SUY-. The Morgan fingerprint density at radius 2 is 2.08 bits per heavy atom. The zero-order chi connectivity index (χ0) is 8.55. The summed E-state index contributed by atoms with van der Waals surface area (Å²) in [7, 11) is 0. The number of rotatable bonds is 1. The first-order chi connectivity index (χ1) is 5.83. The summed E-state index contributed by atoms with van der Waals surface area (Å²) < 4.78 is 8.84. The van der Waals surface area contributed by atoms with Gasteiger partial charge in [-0.25, -0.2) is 17.4 Å². The molecule has 61 valence electrons. The molecule has 0 aliphatic heterocycles. The SMILES string of the molecule is [2H]c1c(C=[CH-])sc2ccccc12.[U].[Y]. The zero-order valence-corrected chi connectivity index (χ0v) is 14.8. The fourth-order valence-electron chi connectivity index (χ4n) is 1.01. The van der Waals surface area contributed by atoms with Gasteiger partial charge in [-0.15, -0.1) is 10.9 Å². The van der Waals surface area contributed by atoms with E-state index in [0.717, 1.165) is 15.0 Å². The van der Waals surface area contributed by atoms with Crippen LogP contribution >= 0.6 is 11.3 Å². The average Bonchev–Trinajstić information content (AvgIpc) is 2.44. The molecule has 0 fully saturated rings. The third-order valence-electron chi connectivity index (χ3n) is 1.52. The smallest absolute Gasteiger partial charge is 0.0433 e. The molecule has 0 bridgehead atoms. The van der Waals surface area contributed by atoms with Crippen molar-refractivity contribution in [2.45, 2.75) is 0 Å². The van der Waals surface area contributed by atoms with E-state index in [1.165, 1.54) is 6.08 Å². The van der Waals surface area contributed by atoms with Gasteiger partial charge in [0.05, 0.1) is 0 Å². The van der Waals surface area contributed by atoms with Crippen molar-refractivity contribution in [1.29, 1.82) is 0 Å². The van der Waals surface area contributed by atoms with Crippen LogP contribution in [0.4, 0.5) is 0 Å². The van der Waals surface area contributed by atoms with Gasteiger partial charge in [-0.05, 0) is 11.5 Å². The minimum absolute atomic E-state index is 0. The molecule has 0 aliphatic rings. The molecule has 0 aliphatic carbocycles. The third-order valence-corrected chi connectivity index (χ3v) is 2.55. The quantitative estimate of drug-likeness (QED) is 0.542. The summed E-state index contributed by atoms with van der Waals surface area (Å²) in [6, 6.07) is 8.40. The van der Waals surface area contributed by atoms with E-state index in [1.54, 1.807) is 11.3 Å². The van der Waals surface area contributed by atoms with E-state index in [0.29, 0.717) is 6.04 Å². The van der Waals surface area contributed by atoms with E-state index in [-0.39, 0.29) is 63.8 Å². The molecule has 1 aromatic carbocycles. The van der Waals surface area contributed by atoms with Crippen molar-refractivity contribution >= 4 is 27.5 Å². The molecule has 0 N–H and O–H groups in total. The predicted octanol–water partition coefficient (Wildman–Crippen LogP) is 3.34. The fraction of sp³-hybridized carbons (Fsp3) is 0. The Hall–Kier alpha value is 1.08. The maximum Gasteiger partial charge on any atom is 0.0433 e. The Kier molecular flexibility index (Phi) is 6.11. The van der Waals surface area contributed by atoms with E-state index >= 15 is 0 Å². The molecule has 3 heteroatoms. The van der Waals surface area contributed by atoms with Crippen molar-refractivity contribution in [3.8, 4) is 0 Å². The molecule has 13 heavy (non-hydrogen) atoms.